The van der Waals surface area contributed by atoms with Crippen molar-refractivity contribution in [2.75, 3.05) is 0 Å². The van der Waals surface area contributed by atoms with Crippen LogP contribution in [0.5, 0.6) is 0 Å². The first-order valence-electron chi connectivity index (χ1n) is 4.59. The summed E-state index contributed by atoms with van der Waals surface area (Å²) in [6.45, 7) is 4.29. The second kappa shape index (κ2) is 5.14. The summed E-state index contributed by atoms with van der Waals surface area (Å²) in [5.74, 6) is -0.00468. The van der Waals surface area contributed by atoms with Gasteiger partial charge in [-0.2, -0.15) is 5.10 Å². The first-order chi connectivity index (χ1) is 6.61. The number of rotatable bonds is 4. The molecule has 1 N–H and O–H groups in total. The number of carbonyl (C=O) groups excluding carboxylic acids is 1. The standard InChI is InChI=1S/C9H14BrN3O/c1-3-7(2)12-9(14)6-13-5-8(10)4-11-13/h4-5,7H,3,6H2,1-2H3,(H,12,14). The Morgan fingerprint density at radius 2 is 2.50 bits per heavy atom. The first kappa shape index (κ1) is 11.2. The van der Waals surface area contributed by atoms with Crippen LogP contribution in [0.15, 0.2) is 16.9 Å². The van der Waals surface area contributed by atoms with E-state index in [4.69, 9.17) is 0 Å². The van der Waals surface area contributed by atoms with E-state index in [1.165, 1.54) is 0 Å². The lowest BCUT2D eigenvalue weighted by atomic mass is 10.2. The van der Waals surface area contributed by atoms with Gasteiger partial charge in [0, 0.05) is 12.2 Å². The molecular formula is C9H14BrN3O. The molecule has 1 amide bonds. The van der Waals surface area contributed by atoms with Crippen LogP contribution in [-0.2, 0) is 11.3 Å². The van der Waals surface area contributed by atoms with E-state index in [1.807, 2.05) is 13.8 Å². The maximum Gasteiger partial charge on any atom is 0.241 e. The van der Waals surface area contributed by atoms with Crippen molar-refractivity contribution in [1.82, 2.24) is 15.1 Å². The summed E-state index contributed by atoms with van der Waals surface area (Å²) in [5, 5.41) is 6.87. The second-order valence-electron chi connectivity index (χ2n) is 3.23. The summed E-state index contributed by atoms with van der Waals surface area (Å²) < 4.78 is 2.48. The third-order valence-corrected chi connectivity index (χ3v) is 2.34. The van der Waals surface area contributed by atoms with Crippen LogP contribution in [0.1, 0.15) is 20.3 Å². The van der Waals surface area contributed by atoms with Crippen molar-refractivity contribution < 1.29 is 4.79 Å². The topological polar surface area (TPSA) is 46.9 Å². The summed E-state index contributed by atoms with van der Waals surface area (Å²) in [5.41, 5.74) is 0. The molecule has 0 saturated heterocycles. The van der Waals surface area contributed by atoms with Crippen LogP contribution in [0.4, 0.5) is 0 Å². The maximum atomic E-state index is 11.4. The van der Waals surface area contributed by atoms with E-state index in [2.05, 4.69) is 26.3 Å². The Hall–Kier alpha value is -0.840. The fourth-order valence-corrected chi connectivity index (χ4v) is 1.32. The third kappa shape index (κ3) is 3.49. The molecule has 1 aromatic heterocycles. The molecule has 0 aliphatic rings. The summed E-state index contributed by atoms with van der Waals surface area (Å²) in [7, 11) is 0. The molecule has 1 unspecified atom stereocenters. The number of halogens is 1. The minimum atomic E-state index is -0.00468. The molecule has 1 atom stereocenters. The van der Waals surface area contributed by atoms with Crippen LogP contribution in [0.3, 0.4) is 0 Å². The molecule has 0 radical (unpaired) electrons. The third-order valence-electron chi connectivity index (χ3n) is 1.93. The molecule has 4 nitrogen and oxygen atoms in total. The van der Waals surface area contributed by atoms with Crippen LogP contribution in [0.2, 0.25) is 0 Å². The highest BCUT2D eigenvalue weighted by molar-refractivity contribution is 9.10. The molecule has 0 bridgehead atoms. The predicted octanol–water partition coefficient (Wildman–Crippen LogP) is 1.56. The Morgan fingerprint density at radius 3 is 3.00 bits per heavy atom. The molecule has 0 saturated carbocycles. The van der Waals surface area contributed by atoms with Crippen molar-refractivity contribution >= 4 is 21.8 Å². The Balaban J connectivity index is 2.41. The van der Waals surface area contributed by atoms with Crippen molar-refractivity contribution in [2.45, 2.75) is 32.9 Å². The predicted molar refractivity (Wildman–Crippen MR) is 57.8 cm³/mol. The van der Waals surface area contributed by atoms with E-state index < -0.39 is 0 Å². The molecular weight excluding hydrogens is 246 g/mol. The van der Waals surface area contributed by atoms with Crippen LogP contribution in [0.25, 0.3) is 0 Å². The number of hydrogen-bond acceptors (Lipinski definition) is 2. The molecule has 0 aromatic carbocycles. The van der Waals surface area contributed by atoms with Crippen molar-refractivity contribution in [3.05, 3.63) is 16.9 Å². The molecule has 1 heterocycles. The number of amides is 1. The first-order valence-corrected chi connectivity index (χ1v) is 5.38. The largest absolute Gasteiger partial charge is 0.352 e. The van der Waals surface area contributed by atoms with Gasteiger partial charge in [-0.15, -0.1) is 0 Å². The van der Waals surface area contributed by atoms with Gasteiger partial charge in [0.05, 0.1) is 10.7 Å². The zero-order valence-corrected chi connectivity index (χ0v) is 9.91. The molecule has 0 fully saturated rings. The van der Waals surface area contributed by atoms with E-state index in [-0.39, 0.29) is 18.5 Å². The maximum absolute atomic E-state index is 11.4. The molecule has 0 aliphatic carbocycles. The highest BCUT2D eigenvalue weighted by atomic mass is 79.9. The molecule has 14 heavy (non-hydrogen) atoms. The lowest BCUT2D eigenvalue weighted by Crippen LogP contribution is -2.34. The van der Waals surface area contributed by atoms with E-state index in [1.54, 1.807) is 17.1 Å². The van der Waals surface area contributed by atoms with Gasteiger partial charge in [0.2, 0.25) is 5.91 Å². The van der Waals surface area contributed by atoms with E-state index >= 15 is 0 Å². The van der Waals surface area contributed by atoms with Gasteiger partial charge in [0.1, 0.15) is 6.54 Å². The summed E-state index contributed by atoms with van der Waals surface area (Å²) in [6.07, 6.45) is 4.38. The average molecular weight is 260 g/mol. The van der Waals surface area contributed by atoms with E-state index in [0.717, 1.165) is 10.9 Å². The molecule has 78 valence electrons. The van der Waals surface area contributed by atoms with Gasteiger partial charge in [0.15, 0.2) is 0 Å². The number of nitrogens with zero attached hydrogens (tertiary/aromatic N) is 2. The normalized spacial score (nSPS) is 12.5. The van der Waals surface area contributed by atoms with Crippen LogP contribution < -0.4 is 5.32 Å². The smallest absolute Gasteiger partial charge is 0.241 e. The summed E-state index contributed by atoms with van der Waals surface area (Å²) >= 11 is 3.27. The number of carbonyl (C=O) groups is 1. The summed E-state index contributed by atoms with van der Waals surface area (Å²) in [4.78, 5) is 11.4. The number of hydrogen-bond donors (Lipinski definition) is 1. The Labute approximate surface area is 91.8 Å². The van der Waals surface area contributed by atoms with Gasteiger partial charge in [-0.3, -0.25) is 9.48 Å². The monoisotopic (exact) mass is 259 g/mol. The zero-order valence-electron chi connectivity index (χ0n) is 8.33. The van der Waals surface area contributed by atoms with Crippen molar-refractivity contribution in [1.29, 1.82) is 0 Å². The quantitative estimate of drug-likeness (QED) is 0.893. The fraction of sp³-hybridized carbons (Fsp3) is 0.556. The summed E-state index contributed by atoms with van der Waals surface area (Å²) in [6, 6.07) is 0.224. The Kier molecular flexibility index (Phi) is 4.13. The fourth-order valence-electron chi connectivity index (χ4n) is 0.994. The molecule has 5 heteroatoms. The lowest BCUT2D eigenvalue weighted by molar-refractivity contribution is -0.122. The Morgan fingerprint density at radius 1 is 1.79 bits per heavy atom. The van der Waals surface area contributed by atoms with E-state index in [9.17, 15) is 4.79 Å². The molecule has 1 rings (SSSR count). The minimum Gasteiger partial charge on any atom is -0.352 e. The zero-order chi connectivity index (χ0) is 10.6. The van der Waals surface area contributed by atoms with Gasteiger partial charge in [-0.1, -0.05) is 6.92 Å². The van der Waals surface area contributed by atoms with Crippen molar-refractivity contribution in [2.24, 2.45) is 0 Å². The number of nitrogens with one attached hydrogen (secondary N) is 1. The molecule has 1 aromatic rings. The number of aromatic nitrogens is 2. The van der Waals surface area contributed by atoms with Crippen molar-refractivity contribution in [3.63, 3.8) is 0 Å². The van der Waals surface area contributed by atoms with Crippen LogP contribution >= 0.6 is 15.9 Å². The van der Waals surface area contributed by atoms with Crippen LogP contribution in [0, 0.1) is 0 Å². The molecule has 0 spiro atoms. The van der Waals surface area contributed by atoms with Crippen LogP contribution in [-0.4, -0.2) is 21.7 Å². The van der Waals surface area contributed by atoms with Gasteiger partial charge in [0.25, 0.3) is 0 Å². The van der Waals surface area contributed by atoms with Gasteiger partial charge < -0.3 is 5.32 Å². The highest BCUT2D eigenvalue weighted by Crippen LogP contribution is 2.05. The SMILES string of the molecule is CCC(C)NC(=O)Cn1cc(Br)cn1. The lowest BCUT2D eigenvalue weighted by Gasteiger charge is -2.10. The van der Waals surface area contributed by atoms with E-state index in [0.29, 0.717) is 0 Å². The Bertz CT molecular complexity index is 311. The second-order valence-corrected chi connectivity index (χ2v) is 4.15. The average Bonchev–Trinajstić information content (AvgIpc) is 2.50. The minimum absolute atomic E-state index is 0.00468. The van der Waals surface area contributed by atoms with Gasteiger partial charge >= 0.3 is 0 Å². The highest BCUT2D eigenvalue weighted by Gasteiger charge is 2.06. The van der Waals surface area contributed by atoms with Crippen molar-refractivity contribution in [3.8, 4) is 0 Å². The molecule has 0 aliphatic heterocycles. The van der Waals surface area contributed by atoms with Gasteiger partial charge in [-0.25, -0.2) is 0 Å². The van der Waals surface area contributed by atoms with Gasteiger partial charge in [-0.05, 0) is 29.3 Å².